The Morgan fingerprint density at radius 3 is 1.24 bits per heavy atom. The summed E-state index contributed by atoms with van der Waals surface area (Å²) >= 11 is 9.27. The first kappa shape index (κ1) is 23.3. The number of ether oxygens (including phenoxy) is 4. The fourth-order valence-electron chi connectivity index (χ4n) is 0.606. The van der Waals surface area contributed by atoms with Crippen LogP contribution in [0.5, 0.6) is 0 Å². The molecule has 0 amide bonds. The zero-order valence-electron chi connectivity index (χ0n) is 10.8. The summed E-state index contributed by atoms with van der Waals surface area (Å²) in [6.07, 6.45) is 0. The monoisotopic (exact) mass is 334 g/mol. The van der Waals surface area contributed by atoms with Crippen LogP contribution >= 0.6 is 0 Å². The second-order valence-electron chi connectivity index (χ2n) is 2.62. The summed E-state index contributed by atoms with van der Waals surface area (Å²) in [7, 11) is 3.30. The standard InChI is InChI=1S/2C5H12O2S.Zn/c2*1-6-2-3-7-4-5-8;/h2*8H,2-5H2,1H3;/q;;+2/p-2. The minimum atomic E-state index is 0. The average molecular weight is 336 g/mol. The molecule has 17 heavy (non-hydrogen) atoms. The molecular weight excluding hydrogens is 314 g/mol. The third-order valence-corrected chi connectivity index (χ3v) is 1.65. The van der Waals surface area contributed by atoms with E-state index in [0.29, 0.717) is 51.1 Å². The summed E-state index contributed by atoms with van der Waals surface area (Å²) in [5.41, 5.74) is 0. The van der Waals surface area contributed by atoms with Crippen LogP contribution in [0, 0.1) is 0 Å². The van der Waals surface area contributed by atoms with Gasteiger partial charge in [0.1, 0.15) is 0 Å². The Kier molecular flexibility index (Phi) is 35.4. The van der Waals surface area contributed by atoms with Crippen LogP contribution in [-0.2, 0) is 63.7 Å². The molecule has 0 atom stereocenters. The number of rotatable bonds is 10. The maximum atomic E-state index is 4.99. The molecule has 0 saturated heterocycles. The fraction of sp³-hybridized carbons (Fsp3) is 1.00. The molecule has 7 heteroatoms. The van der Waals surface area contributed by atoms with E-state index in [1.165, 1.54) is 0 Å². The third kappa shape index (κ3) is 31.7. The Labute approximate surface area is 129 Å². The van der Waals surface area contributed by atoms with Gasteiger partial charge in [0, 0.05) is 27.4 Å². The van der Waals surface area contributed by atoms with Crippen LogP contribution in [0.15, 0.2) is 0 Å². The second kappa shape index (κ2) is 25.9. The molecule has 0 saturated carbocycles. The molecular formula is C10H22O4S2Zn. The molecule has 0 N–H and O–H groups in total. The Morgan fingerprint density at radius 2 is 1.00 bits per heavy atom. The van der Waals surface area contributed by atoms with Gasteiger partial charge in [-0.3, -0.25) is 0 Å². The van der Waals surface area contributed by atoms with Crippen molar-refractivity contribution in [1.82, 2.24) is 0 Å². The molecule has 0 aromatic heterocycles. The molecule has 0 aliphatic carbocycles. The first-order chi connectivity index (χ1) is 7.83. The zero-order chi connectivity index (χ0) is 12.5. The van der Waals surface area contributed by atoms with Gasteiger partial charge in [-0.1, -0.05) is 0 Å². The largest absolute Gasteiger partial charge is 2.00 e. The normalized spacial score (nSPS) is 9.18. The molecule has 0 heterocycles. The van der Waals surface area contributed by atoms with Gasteiger partial charge >= 0.3 is 19.5 Å². The first-order valence-electron chi connectivity index (χ1n) is 5.13. The van der Waals surface area contributed by atoms with Gasteiger partial charge < -0.3 is 44.2 Å². The molecule has 0 aliphatic heterocycles. The minimum Gasteiger partial charge on any atom is -0.790 e. The van der Waals surface area contributed by atoms with Crippen molar-refractivity contribution in [2.45, 2.75) is 0 Å². The van der Waals surface area contributed by atoms with Gasteiger partial charge in [0.15, 0.2) is 0 Å². The molecule has 0 rings (SSSR count). The predicted octanol–water partition coefficient (Wildman–Crippen LogP) is 0.390. The van der Waals surface area contributed by atoms with E-state index in [1.807, 2.05) is 0 Å². The van der Waals surface area contributed by atoms with Gasteiger partial charge in [0.2, 0.25) is 0 Å². The van der Waals surface area contributed by atoms with Crippen LogP contribution < -0.4 is 0 Å². The Morgan fingerprint density at radius 1 is 0.647 bits per heavy atom. The molecule has 0 fully saturated rings. The molecule has 0 unspecified atom stereocenters. The van der Waals surface area contributed by atoms with E-state index in [0.717, 1.165) is 0 Å². The minimum absolute atomic E-state index is 0. The fourth-order valence-corrected chi connectivity index (χ4v) is 0.842. The zero-order valence-corrected chi connectivity index (χ0v) is 15.4. The summed E-state index contributed by atoms with van der Waals surface area (Å²) in [6.45, 7) is 3.97. The smallest absolute Gasteiger partial charge is 0.790 e. The van der Waals surface area contributed by atoms with Crippen molar-refractivity contribution in [2.24, 2.45) is 0 Å². The Bertz CT molecular complexity index is 88.3. The van der Waals surface area contributed by atoms with Crippen LogP contribution in [0.1, 0.15) is 0 Å². The molecule has 0 spiro atoms. The van der Waals surface area contributed by atoms with Gasteiger partial charge in [0.25, 0.3) is 0 Å². The van der Waals surface area contributed by atoms with Crippen molar-refractivity contribution in [1.29, 1.82) is 0 Å². The van der Waals surface area contributed by atoms with Crippen molar-refractivity contribution in [3.8, 4) is 0 Å². The summed E-state index contributed by atoms with van der Waals surface area (Å²) in [5, 5.41) is 0. The van der Waals surface area contributed by atoms with E-state index < -0.39 is 0 Å². The molecule has 100 valence electrons. The number of hydrogen-bond donors (Lipinski definition) is 0. The van der Waals surface area contributed by atoms with Gasteiger partial charge in [-0.15, -0.1) is 0 Å². The Balaban J connectivity index is -0.000000218. The van der Waals surface area contributed by atoms with Crippen LogP contribution in [0.3, 0.4) is 0 Å². The van der Waals surface area contributed by atoms with Crippen molar-refractivity contribution in [3.05, 3.63) is 0 Å². The van der Waals surface area contributed by atoms with Crippen LogP contribution in [0.25, 0.3) is 0 Å². The average Bonchev–Trinajstić information content (AvgIpc) is 2.31. The SMILES string of the molecule is COCCOCC[S-].COCCOCC[S-].[Zn+2]. The van der Waals surface area contributed by atoms with Crippen molar-refractivity contribution in [2.75, 3.05) is 65.4 Å². The van der Waals surface area contributed by atoms with Gasteiger partial charge in [0.05, 0.1) is 26.4 Å². The maximum absolute atomic E-state index is 4.99. The van der Waals surface area contributed by atoms with E-state index in [4.69, 9.17) is 18.9 Å². The van der Waals surface area contributed by atoms with Gasteiger partial charge in [-0.05, 0) is 0 Å². The predicted molar refractivity (Wildman–Crippen MR) is 69.9 cm³/mol. The van der Waals surface area contributed by atoms with Crippen molar-refractivity contribution in [3.63, 3.8) is 0 Å². The maximum Gasteiger partial charge on any atom is 2.00 e. The van der Waals surface area contributed by atoms with E-state index in [2.05, 4.69) is 25.3 Å². The van der Waals surface area contributed by atoms with E-state index in [1.54, 1.807) is 14.2 Å². The Hall–Kier alpha value is 1.16. The van der Waals surface area contributed by atoms with E-state index in [-0.39, 0.29) is 19.5 Å². The molecule has 0 aromatic carbocycles. The first-order valence-corrected chi connectivity index (χ1v) is 6.28. The van der Waals surface area contributed by atoms with Crippen LogP contribution in [0.2, 0.25) is 0 Å². The van der Waals surface area contributed by atoms with E-state index >= 15 is 0 Å². The quantitative estimate of drug-likeness (QED) is 0.327. The summed E-state index contributed by atoms with van der Waals surface area (Å²) in [5.74, 6) is 1.34. The summed E-state index contributed by atoms with van der Waals surface area (Å²) in [4.78, 5) is 0. The molecule has 0 radical (unpaired) electrons. The van der Waals surface area contributed by atoms with Gasteiger partial charge in [-0.25, -0.2) is 0 Å². The van der Waals surface area contributed by atoms with Crippen LogP contribution in [-0.4, -0.2) is 65.4 Å². The number of methoxy groups -OCH3 is 2. The molecule has 0 bridgehead atoms. The number of hydrogen-bond acceptors (Lipinski definition) is 6. The van der Waals surface area contributed by atoms with Gasteiger partial charge in [-0.2, -0.15) is 11.5 Å². The molecule has 0 aliphatic rings. The van der Waals surface area contributed by atoms with Crippen LogP contribution in [0.4, 0.5) is 0 Å². The van der Waals surface area contributed by atoms with Crippen molar-refractivity contribution >= 4 is 25.3 Å². The molecule has 4 nitrogen and oxygen atoms in total. The van der Waals surface area contributed by atoms with Crippen molar-refractivity contribution < 1.29 is 38.4 Å². The topological polar surface area (TPSA) is 36.9 Å². The summed E-state index contributed by atoms with van der Waals surface area (Å²) < 4.78 is 19.4. The molecule has 0 aromatic rings. The third-order valence-electron chi connectivity index (χ3n) is 1.32. The second-order valence-corrected chi connectivity index (χ2v) is 3.44. The summed E-state index contributed by atoms with van der Waals surface area (Å²) in [6, 6.07) is 0. The van der Waals surface area contributed by atoms with E-state index in [9.17, 15) is 0 Å².